The summed E-state index contributed by atoms with van der Waals surface area (Å²) in [6, 6.07) is 7.33. The Bertz CT molecular complexity index is 381. The SMILES string of the molecule is CCOc1ccc(CNC(=O)NCCOCCO)cc1. The molecule has 0 radical (unpaired) electrons. The van der Waals surface area contributed by atoms with Crippen LogP contribution in [-0.4, -0.2) is 44.1 Å². The van der Waals surface area contributed by atoms with Crippen molar-refractivity contribution in [3.8, 4) is 5.75 Å². The number of rotatable bonds is 9. The fourth-order valence-corrected chi connectivity index (χ4v) is 1.52. The number of hydrogen-bond acceptors (Lipinski definition) is 4. The van der Waals surface area contributed by atoms with Crippen molar-refractivity contribution in [3.63, 3.8) is 0 Å². The van der Waals surface area contributed by atoms with Crippen molar-refractivity contribution in [3.05, 3.63) is 29.8 Å². The lowest BCUT2D eigenvalue weighted by molar-refractivity contribution is 0.0947. The largest absolute Gasteiger partial charge is 0.494 e. The topological polar surface area (TPSA) is 79.8 Å². The van der Waals surface area contributed by atoms with E-state index in [1.54, 1.807) is 0 Å². The Morgan fingerprint density at radius 1 is 1.20 bits per heavy atom. The van der Waals surface area contributed by atoms with Crippen molar-refractivity contribution in [1.29, 1.82) is 0 Å². The molecule has 3 N–H and O–H groups in total. The van der Waals surface area contributed by atoms with Crippen LogP contribution < -0.4 is 15.4 Å². The number of aliphatic hydroxyl groups excluding tert-OH is 1. The third kappa shape index (κ3) is 6.96. The van der Waals surface area contributed by atoms with E-state index in [1.807, 2.05) is 31.2 Å². The number of carbonyl (C=O) groups excluding carboxylic acids is 1. The molecule has 0 saturated heterocycles. The summed E-state index contributed by atoms with van der Waals surface area (Å²) < 4.78 is 10.4. The fraction of sp³-hybridized carbons (Fsp3) is 0.500. The van der Waals surface area contributed by atoms with Crippen LogP contribution in [0, 0.1) is 0 Å². The highest BCUT2D eigenvalue weighted by molar-refractivity contribution is 5.73. The van der Waals surface area contributed by atoms with Gasteiger partial charge in [0.1, 0.15) is 5.75 Å². The second-order valence-corrected chi connectivity index (χ2v) is 4.02. The van der Waals surface area contributed by atoms with E-state index >= 15 is 0 Å². The molecule has 0 aliphatic rings. The van der Waals surface area contributed by atoms with Crippen LogP contribution in [0.1, 0.15) is 12.5 Å². The average Bonchev–Trinajstić information content (AvgIpc) is 2.47. The quantitative estimate of drug-likeness (QED) is 0.588. The molecule has 0 heterocycles. The molecule has 0 bridgehead atoms. The molecule has 2 amide bonds. The molecule has 0 aromatic heterocycles. The van der Waals surface area contributed by atoms with Gasteiger partial charge in [-0.05, 0) is 24.6 Å². The lowest BCUT2D eigenvalue weighted by atomic mass is 10.2. The van der Waals surface area contributed by atoms with Crippen LogP contribution in [0.4, 0.5) is 4.79 Å². The van der Waals surface area contributed by atoms with Crippen LogP contribution in [0.2, 0.25) is 0 Å². The van der Waals surface area contributed by atoms with Gasteiger partial charge in [0.15, 0.2) is 0 Å². The Kier molecular flexibility index (Phi) is 8.17. The van der Waals surface area contributed by atoms with E-state index in [4.69, 9.17) is 14.6 Å². The first kappa shape index (κ1) is 16.3. The molecular weight excluding hydrogens is 260 g/mol. The molecule has 1 aromatic carbocycles. The van der Waals surface area contributed by atoms with Crippen molar-refractivity contribution in [2.45, 2.75) is 13.5 Å². The van der Waals surface area contributed by atoms with Gasteiger partial charge in [-0.1, -0.05) is 12.1 Å². The molecule has 0 spiro atoms. The third-order valence-electron chi connectivity index (χ3n) is 2.46. The zero-order valence-corrected chi connectivity index (χ0v) is 11.7. The predicted molar refractivity (Wildman–Crippen MR) is 75.8 cm³/mol. The van der Waals surface area contributed by atoms with E-state index in [9.17, 15) is 4.79 Å². The Hall–Kier alpha value is -1.79. The summed E-state index contributed by atoms with van der Waals surface area (Å²) >= 11 is 0. The summed E-state index contributed by atoms with van der Waals surface area (Å²) in [4.78, 5) is 11.5. The first-order valence-corrected chi connectivity index (χ1v) is 6.68. The molecule has 0 saturated carbocycles. The smallest absolute Gasteiger partial charge is 0.315 e. The zero-order valence-electron chi connectivity index (χ0n) is 11.7. The number of nitrogens with one attached hydrogen (secondary N) is 2. The Morgan fingerprint density at radius 3 is 2.60 bits per heavy atom. The van der Waals surface area contributed by atoms with Gasteiger partial charge in [0.25, 0.3) is 0 Å². The van der Waals surface area contributed by atoms with Crippen LogP contribution in [0.15, 0.2) is 24.3 Å². The number of ether oxygens (including phenoxy) is 2. The Morgan fingerprint density at radius 2 is 1.95 bits per heavy atom. The molecule has 20 heavy (non-hydrogen) atoms. The van der Waals surface area contributed by atoms with Gasteiger partial charge in [-0.25, -0.2) is 4.79 Å². The molecule has 0 aliphatic carbocycles. The number of aliphatic hydroxyl groups is 1. The summed E-state index contributed by atoms with van der Waals surface area (Å²) in [5.41, 5.74) is 1.00. The van der Waals surface area contributed by atoms with Crippen LogP contribution in [-0.2, 0) is 11.3 Å². The highest BCUT2D eigenvalue weighted by atomic mass is 16.5. The Balaban J connectivity index is 2.16. The van der Waals surface area contributed by atoms with E-state index in [1.165, 1.54) is 0 Å². The Labute approximate surface area is 119 Å². The summed E-state index contributed by atoms with van der Waals surface area (Å²) in [6.45, 7) is 4.10. The molecule has 112 valence electrons. The van der Waals surface area contributed by atoms with Crippen LogP contribution >= 0.6 is 0 Å². The van der Waals surface area contributed by atoms with Crippen molar-refractivity contribution in [2.24, 2.45) is 0 Å². The van der Waals surface area contributed by atoms with Crippen molar-refractivity contribution >= 4 is 6.03 Å². The lowest BCUT2D eigenvalue weighted by Crippen LogP contribution is -2.37. The lowest BCUT2D eigenvalue weighted by Gasteiger charge is -2.08. The van der Waals surface area contributed by atoms with Crippen LogP contribution in [0.25, 0.3) is 0 Å². The van der Waals surface area contributed by atoms with Gasteiger partial charge in [-0.2, -0.15) is 0 Å². The maximum absolute atomic E-state index is 11.5. The minimum atomic E-state index is -0.244. The summed E-state index contributed by atoms with van der Waals surface area (Å²) in [5, 5.41) is 13.9. The number of hydrogen-bond donors (Lipinski definition) is 3. The number of urea groups is 1. The van der Waals surface area contributed by atoms with E-state index < -0.39 is 0 Å². The van der Waals surface area contributed by atoms with Gasteiger partial charge in [0.2, 0.25) is 0 Å². The van der Waals surface area contributed by atoms with E-state index in [2.05, 4.69) is 10.6 Å². The molecule has 6 heteroatoms. The molecule has 1 rings (SSSR count). The highest BCUT2D eigenvalue weighted by Crippen LogP contribution is 2.11. The molecular formula is C14H22N2O4. The fourth-order valence-electron chi connectivity index (χ4n) is 1.52. The summed E-state index contributed by atoms with van der Waals surface area (Å²) in [7, 11) is 0. The number of carbonyl (C=O) groups is 1. The van der Waals surface area contributed by atoms with Gasteiger partial charge in [-0.3, -0.25) is 0 Å². The minimum Gasteiger partial charge on any atom is -0.494 e. The monoisotopic (exact) mass is 282 g/mol. The number of benzene rings is 1. The standard InChI is InChI=1S/C14H22N2O4/c1-2-20-13-5-3-12(4-6-13)11-16-14(18)15-7-9-19-10-8-17/h3-6,17H,2,7-11H2,1H3,(H2,15,16,18). The first-order chi connectivity index (χ1) is 9.76. The van der Waals surface area contributed by atoms with Gasteiger partial charge in [0, 0.05) is 13.1 Å². The second kappa shape index (κ2) is 10.1. The first-order valence-electron chi connectivity index (χ1n) is 6.68. The van der Waals surface area contributed by atoms with E-state index in [-0.39, 0.29) is 19.2 Å². The second-order valence-electron chi connectivity index (χ2n) is 4.02. The predicted octanol–water partition coefficient (Wildman–Crippen LogP) is 0.893. The van der Waals surface area contributed by atoms with Crippen molar-refractivity contribution < 1.29 is 19.4 Å². The van der Waals surface area contributed by atoms with Crippen LogP contribution in [0.3, 0.4) is 0 Å². The third-order valence-corrected chi connectivity index (χ3v) is 2.46. The zero-order chi connectivity index (χ0) is 14.6. The van der Waals surface area contributed by atoms with Crippen molar-refractivity contribution in [2.75, 3.05) is 33.0 Å². The van der Waals surface area contributed by atoms with Gasteiger partial charge < -0.3 is 25.2 Å². The molecule has 0 aliphatic heterocycles. The molecule has 6 nitrogen and oxygen atoms in total. The minimum absolute atomic E-state index is 0.00998. The maximum atomic E-state index is 11.5. The van der Waals surface area contributed by atoms with E-state index in [0.717, 1.165) is 11.3 Å². The highest BCUT2D eigenvalue weighted by Gasteiger charge is 2.00. The molecule has 1 aromatic rings. The van der Waals surface area contributed by atoms with E-state index in [0.29, 0.717) is 26.3 Å². The number of amides is 2. The van der Waals surface area contributed by atoms with Gasteiger partial charge in [0.05, 0.1) is 26.4 Å². The molecule has 0 atom stereocenters. The van der Waals surface area contributed by atoms with Gasteiger partial charge >= 0.3 is 6.03 Å². The molecule has 0 unspecified atom stereocenters. The average molecular weight is 282 g/mol. The maximum Gasteiger partial charge on any atom is 0.315 e. The van der Waals surface area contributed by atoms with Crippen molar-refractivity contribution in [1.82, 2.24) is 10.6 Å². The summed E-state index contributed by atoms with van der Waals surface area (Å²) in [6.07, 6.45) is 0. The van der Waals surface area contributed by atoms with Crippen LogP contribution in [0.5, 0.6) is 5.75 Å². The van der Waals surface area contributed by atoms with Gasteiger partial charge in [-0.15, -0.1) is 0 Å². The summed E-state index contributed by atoms with van der Waals surface area (Å²) in [5.74, 6) is 0.821. The molecule has 0 fully saturated rings. The normalized spacial score (nSPS) is 10.1.